The van der Waals surface area contributed by atoms with E-state index in [0.717, 1.165) is 12.0 Å². The number of aryl methyl sites for hydroxylation is 1. The molecule has 4 N–H and O–H groups in total. The second-order valence-electron chi connectivity index (χ2n) is 5.17. The Morgan fingerprint density at radius 1 is 1.35 bits per heavy atom. The third kappa shape index (κ3) is 3.57. The summed E-state index contributed by atoms with van der Waals surface area (Å²) >= 11 is 0. The molecule has 0 aliphatic carbocycles. The zero-order valence-corrected chi connectivity index (χ0v) is 12.4. The summed E-state index contributed by atoms with van der Waals surface area (Å²) in [6, 6.07) is 2.62. The van der Waals surface area contributed by atoms with Crippen LogP contribution in [0.1, 0.15) is 41.8 Å². The van der Waals surface area contributed by atoms with Crippen LogP contribution in [-0.2, 0) is 4.79 Å². The number of rotatable bonds is 5. The van der Waals surface area contributed by atoms with E-state index in [2.05, 4.69) is 5.32 Å². The molecule has 0 fully saturated rings. The predicted molar refractivity (Wildman–Crippen MR) is 78.9 cm³/mol. The Morgan fingerprint density at radius 3 is 2.45 bits per heavy atom. The van der Waals surface area contributed by atoms with Crippen LogP contribution in [0.3, 0.4) is 0 Å². The van der Waals surface area contributed by atoms with Crippen molar-refractivity contribution in [3.8, 4) is 0 Å². The number of carbonyl (C=O) groups excluding carboxylic acids is 1. The van der Waals surface area contributed by atoms with Crippen LogP contribution in [0, 0.1) is 19.8 Å². The fourth-order valence-corrected chi connectivity index (χ4v) is 1.89. The second kappa shape index (κ2) is 6.52. The van der Waals surface area contributed by atoms with Gasteiger partial charge in [-0.25, -0.2) is 4.79 Å². The quantitative estimate of drug-likeness (QED) is 0.770. The normalized spacial score (nSPS) is 13.7. The molecule has 5 nitrogen and oxygen atoms in total. The number of carboxylic acids is 1. The second-order valence-corrected chi connectivity index (χ2v) is 5.17. The van der Waals surface area contributed by atoms with Crippen LogP contribution in [0.15, 0.2) is 12.1 Å². The predicted octanol–water partition coefficient (Wildman–Crippen LogP) is 2.31. The molecular weight excluding hydrogens is 256 g/mol. The summed E-state index contributed by atoms with van der Waals surface area (Å²) in [5.41, 5.74) is 8.03. The highest BCUT2D eigenvalue weighted by Crippen LogP contribution is 2.20. The average molecular weight is 278 g/mol. The van der Waals surface area contributed by atoms with Crippen LogP contribution in [0.5, 0.6) is 0 Å². The minimum Gasteiger partial charge on any atom is -0.478 e. The van der Waals surface area contributed by atoms with Gasteiger partial charge in [0.1, 0.15) is 0 Å². The van der Waals surface area contributed by atoms with E-state index in [1.54, 1.807) is 13.0 Å². The monoisotopic (exact) mass is 278 g/mol. The third-order valence-electron chi connectivity index (χ3n) is 3.73. The minimum atomic E-state index is -1.01. The first-order valence-electron chi connectivity index (χ1n) is 6.68. The number of carboxylic acid groups (broad SMARTS) is 1. The van der Waals surface area contributed by atoms with E-state index in [9.17, 15) is 9.59 Å². The Kier molecular flexibility index (Phi) is 5.27. The molecular formula is C15H22N2O3. The summed E-state index contributed by atoms with van der Waals surface area (Å²) in [7, 11) is 0. The van der Waals surface area contributed by atoms with Crippen molar-refractivity contribution in [3.63, 3.8) is 0 Å². The highest BCUT2D eigenvalue weighted by molar-refractivity contribution is 5.97. The van der Waals surface area contributed by atoms with E-state index in [1.807, 2.05) is 20.8 Å². The molecule has 110 valence electrons. The van der Waals surface area contributed by atoms with Crippen molar-refractivity contribution in [2.24, 2.45) is 11.7 Å². The van der Waals surface area contributed by atoms with E-state index in [0.29, 0.717) is 11.3 Å². The SMILES string of the molecule is CCC(C)[C@H](N)C(=O)Nc1cc(C)c(C)c(C(=O)O)c1. The molecule has 0 radical (unpaired) electrons. The summed E-state index contributed by atoms with van der Waals surface area (Å²) in [6.07, 6.45) is 0.807. The van der Waals surface area contributed by atoms with Gasteiger partial charge < -0.3 is 16.2 Å². The fraction of sp³-hybridized carbons (Fsp3) is 0.467. The molecule has 1 rings (SSSR count). The fourth-order valence-electron chi connectivity index (χ4n) is 1.89. The minimum absolute atomic E-state index is 0.0699. The summed E-state index contributed by atoms with van der Waals surface area (Å²) in [5, 5.41) is 11.8. The van der Waals surface area contributed by atoms with Crippen molar-refractivity contribution in [1.29, 1.82) is 0 Å². The van der Waals surface area contributed by atoms with E-state index in [1.165, 1.54) is 6.07 Å². The Balaban J connectivity index is 2.99. The van der Waals surface area contributed by atoms with Crippen molar-refractivity contribution in [1.82, 2.24) is 0 Å². The summed E-state index contributed by atoms with van der Waals surface area (Å²) in [5.74, 6) is -1.23. The van der Waals surface area contributed by atoms with Gasteiger partial charge in [-0.05, 0) is 43.0 Å². The largest absolute Gasteiger partial charge is 0.478 e. The molecule has 1 amide bonds. The average Bonchev–Trinajstić information content (AvgIpc) is 2.40. The zero-order chi connectivity index (χ0) is 15.4. The lowest BCUT2D eigenvalue weighted by Crippen LogP contribution is -2.40. The van der Waals surface area contributed by atoms with Crippen molar-refractivity contribution in [2.75, 3.05) is 5.32 Å². The number of nitrogens with two attached hydrogens (primary N) is 1. The van der Waals surface area contributed by atoms with Crippen LogP contribution in [0.2, 0.25) is 0 Å². The smallest absolute Gasteiger partial charge is 0.336 e. The molecule has 0 aliphatic heterocycles. The first kappa shape index (κ1) is 16.2. The highest BCUT2D eigenvalue weighted by Gasteiger charge is 2.20. The Labute approximate surface area is 119 Å². The third-order valence-corrected chi connectivity index (χ3v) is 3.73. The van der Waals surface area contributed by atoms with Gasteiger partial charge >= 0.3 is 5.97 Å². The molecule has 2 atom stereocenters. The maximum atomic E-state index is 12.0. The zero-order valence-electron chi connectivity index (χ0n) is 12.4. The molecule has 1 aromatic rings. The number of benzene rings is 1. The van der Waals surface area contributed by atoms with Gasteiger partial charge in [0, 0.05) is 5.69 Å². The summed E-state index contributed by atoms with van der Waals surface area (Å²) in [6.45, 7) is 7.44. The van der Waals surface area contributed by atoms with Gasteiger partial charge in [0.2, 0.25) is 5.91 Å². The first-order chi connectivity index (χ1) is 9.27. The van der Waals surface area contributed by atoms with Crippen molar-refractivity contribution < 1.29 is 14.7 Å². The van der Waals surface area contributed by atoms with Crippen LogP contribution in [-0.4, -0.2) is 23.0 Å². The summed E-state index contributed by atoms with van der Waals surface area (Å²) in [4.78, 5) is 23.2. The lowest BCUT2D eigenvalue weighted by atomic mass is 9.98. The molecule has 0 aromatic heterocycles. The molecule has 0 saturated heterocycles. The van der Waals surface area contributed by atoms with E-state index >= 15 is 0 Å². The van der Waals surface area contributed by atoms with Gasteiger partial charge in [0.15, 0.2) is 0 Å². The molecule has 5 heteroatoms. The number of hydrogen-bond donors (Lipinski definition) is 3. The maximum absolute atomic E-state index is 12.0. The number of amides is 1. The molecule has 0 aliphatic rings. The first-order valence-corrected chi connectivity index (χ1v) is 6.68. The van der Waals surface area contributed by atoms with Crippen molar-refractivity contribution >= 4 is 17.6 Å². The summed E-state index contributed by atoms with van der Waals surface area (Å²) < 4.78 is 0. The van der Waals surface area contributed by atoms with E-state index < -0.39 is 12.0 Å². The van der Waals surface area contributed by atoms with Crippen molar-refractivity contribution in [2.45, 2.75) is 40.2 Å². The van der Waals surface area contributed by atoms with E-state index in [-0.39, 0.29) is 17.4 Å². The van der Waals surface area contributed by atoms with Crippen LogP contribution in [0.25, 0.3) is 0 Å². The van der Waals surface area contributed by atoms with Crippen LogP contribution >= 0.6 is 0 Å². The molecule has 0 heterocycles. The molecule has 0 saturated carbocycles. The number of hydrogen-bond acceptors (Lipinski definition) is 3. The van der Waals surface area contributed by atoms with Gasteiger partial charge in [-0.1, -0.05) is 20.3 Å². The molecule has 20 heavy (non-hydrogen) atoms. The maximum Gasteiger partial charge on any atom is 0.336 e. The number of aromatic carboxylic acids is 1. The number of nitrogens with one attached hydrogen (secondary N) is 1. The van der Waals surface area contributed by atoms with Crippen molar-refractivity contribution in [3.05, 3.63) is 28.8 Å². The van der Waals surface area contributed by atoms with Gasteiger partial charge in [-0.2, -0.15) is 0 Å². The molecule has 0 bridgehead atoms. The molecule has 0 spiro atoms. The highest BCUT2D eigenvalue weighted by atomic mass is 16.4. The Morgan fingerprint density at radius 2 is 1.95 bits per heavy atom. The molecule has 1 aromatic carbocycles. The van der Waals surface area contributed by atoms with E-state index in [4.69, 9.17) is 10.8 Å². The topological polar surface area (TPSA) is 92.4 Å². The number of carbonyl (C=O) groups is 2. The molecule has 1 unspecified atom stereocenters. The standard InChI is InChI=1S/C15H22N2O3/c1-5-8(2)13(16)14(18)17-11-6-9(3)10(4)12(7-11)15(19)20/h6-8,13H,5,16H2,1-4H3,(H,17,18)(H,19,20)/t8?,13-/m0/s1. The van der Waals surface area contributed by atoms with Gasteiger partial charge in [0.05, 0.1) is 11.6 Å². The van der Waals surface area contributed by atoms with Gasteiger partial charge in [-0.15, -0.1) is 0 Å². The van der Waals surface area contributed by atoms with Crippen LogP contribution in [0.4, 0.5) is 5.69 Å². The number of anilines is 1. The van der Waals surface area contributed by atoms with Gasteiger partial charge in [0.25, 0.3) is 0 Å². The Hall–Kier alpha value is -1.88. The van der Waals surface area contributed by atoms with Gasteiger partial charge in [-0.3, -0.25) is 4.79 Å². The Bertz CT molecular complexity index is 526. The lowest BCUT2D eigenvalue weighted by Gasteiger charge is -2.18. The van der Waals surface area contributed by atoms with Crippen LogP contribution < -0.4 is 11.1 Å². The lowest BCUT2D eigenvalue weighted by molar-refractivity contribution is -0.118.